The minimum Gasteiger partial charge on any atom is -0.357 e. The highest BCUT2D eigenvalue weighted by Gasteiger charge is 2.16. The molecule has 1 aromatic carbocycles. The highest BCUT2D eigenvalue weighted by molar-refractivity contribution is 5.91. The van der Waals surface area contributed by atoms with Crippen molar-refractivity contribution in [2.24, 2.45) is 7.05 Å². The standard InChI is InChI=1S/C20H23FN6O2/c1-10(2)24-20(29)25-16-8-13(11(3)6-15(16)21)14-7-12-9-23-19(22-4)26-17(12)27(5)18(14)28/h6-10H,1-5H3,(H,22,23,26)(H2,24,25,29). The molecule has 0 bridgehead atoms. The molecule has 2 heterocycles. The van der Waals surface area contributed by atoms with E-state index in [9.17, 15) is 14.0 Å². The van der Waals surface area contributed by atoms with Crippen LogP contribution in [-0.4, -0.2) is 33.7 Å². The number of hydrogen-bond acceptors (Lipinski definition) is 5. The normalized spacial score (nSPS) is 11.0. The van der Waals surface area contributed by atoms with Gasteiger partial charge in [-0.3, -0.25) is 9.36 Å². The number of halogens is 1. The Kier molecular flexibility index (Phi) is 5.49. The second-order valence-corrected chi connectivity index (χ2v) is 7.04. The summed E-state index contributed by atoms with van der Waals surface area (Å²) in [6.07, 6.45) is 1.62. The fourth-order valence-corrected chi connectivity index (χ4v) is 3.04. The lowest BCUT2D eigenvalue weighted by atomic mass is 9.99. The number of anilines is 2. The summed E-state index contributed by atoms with van der Waals surface area (Å²) >= 11 is 0. The second kappa shape index (κ2) is 7.86. The molecule has 152 valence electrons. The SMILES string of the molecule is CNc1ncc2cc(-c3cc(NC(=O)NC(C)C)c(F)cc3C)c(=O)n(C)c2n1. The first kappa shape index (κ1) is 20.2. The number of aromatic nitrogens is 3. The van der Waals surface area contributed by atoms with Gasteiger partial charge in [0.2, 0.25) is 5.95 Å². The molecule has 0 saturated carbocycles. The Hall–Kier alpha value is -3.49. The van der Waals surface area contributed by atoms with Crippen molar-refractivity contribution in [1.29, 1.82) is 0 Å². The first-order valence-electron chi connectivity index (χ1n) is 9.13. The van der Waals surface area contributed by atoms with Crippen molar-refractivity contribution in [2.75, 3.05) is 17.7 Å². The molecule has 0 aliphatic carbocycles. The minimum absolute atomic E-state index is 0.00678. The van der Waals surface area contributed by atoms with Crippen LogP contribution < -0.4 is 21.5 Å². The first-order chi connectivity index (χ1) is 13.7. The summed E-state index contributed by atoms with van der Waals surface area (Å²) < 4.78 is 15.8. The third kappa shape index (κ3) is 4.03. The predicted molar refractivity (Wildman–Crippen MR) is 112 cm³/mol. The van der Waals surface area contributed by atoms with Gasteiger partial charge in [-0.05, 0) is 50.1 Å². The van der Waals surface area contributed by atoms with Crippen LogP contribution in [0.25, 0.3) is 22.2 Å². The molecule has 0 spiro atoms. The van der Waals surface area contributed by atoms with E-state index in [2.05, 4.69) is 25.9 Å². The Bertz CT molecular complexity index is 1160. The third-order valence-corrected chi connectivity index (χ3v) is 4.44. The number of urea groups is 1. The maximum Gasteiger partial charge on any atom is 0.319 e. The van der Waals surface area contributed by atoms with Crippen LogP contribution in [0, 0.1) is 12.7 Å². The molecule has 0 atom stereocenters. The second-order valence-electron chi connectivity index (χ2n) is 7.04. The van der Waals surface area contributed by atoms with Gasteiger partial charge in [-0.2, -0.15) is 4.98 Å². The van der Waals surface area contributed by atoms with Gasteiger partial charge in [0.25, 0.3) is 5.56 Å². The molecule has 3 rings (SSSR count). The summed E-state index contributed by atoms with van der Waals surface area (Å²) in [5, 5.41) is 8.65. The average Bonchev–Trinajstić information content (AvgIpc) is 2.66. The molecule has 0 radical (unpaired) electrons. The summed E-state index contributed by atoms with van der Waals surface area (Å²) in [6.45, 7) is 5.31. The molecule has 3 N–H and O–H groups in total. The lowest BCUT2D eigenvalue weighted by Crippen LogP contribution is -2.34. The van der Waals surface area contributed by atoms with Crippen molar-refractivity contribution in [3.05, 3.63) is 46.1 Å². The molecule has 29 heavy (non-hydrogen) atoms. The molecule has 0 saturated heterocycles. The molecular formula is C20H23FN6O2. The summed E-state index contributed by atoms with van der Waals surface area (Å²) in [4.78, 5) is 33.5. The molecule has 0 aliphatic heterocycles. The maximum atomic E-state index is 14.4. The van der Waals surface area contributed by atoms with Crippen molar-refractivity contribution in [1.82, 2.24) is 19.9 Å². The van der Waals surface area contributed by atoms with Gasteiger partial charge in [-0.15, -0.1) is 0 Å². The van der Waals surface area contributed by atoms with E-state index < -0.39 is 11.8 Å². The summed E-state index contributed by atoms with van der Waals surface area (Å²) in [5.74, 6) is -0.175. The highest BCUT2D eigenvalue weighted by Crippen LogP contribution is 2.28. The van der Waals surface area contributed by atoms with Gasteiger partial charge in [0.1, 0.15) is 11.5 Å². The molecule has 9 heteroatoms. The maximum absolute atomic E-state index is 14.4. The quantitative estimate of drug-likeness (QED) is 0.627. The number of rotatable bonds is 4. The zero-order valence-corrected chi connectivity index (χ0v) is 16.9. The van der Waals surface area contributed by atoms with Gasteiger partial charge < -0.3 is 16.0 Å². The van der Waals surface area contributed by atoms with E-state index in [-0.39, 0.29) is 17.3 Å². The zero-order valence-electron chi connectivity index (χ0n) is 16.9. The van der Waals surface area contributed by atoms with Crippen LogP contribution in [0.15, 0.2) is 29.2 Å². The van der Waals surface area contributed by atoms with E-state index in [1.54, 1.807) is 47.1 Å². The van der Waals surface area contributed by atoms with Gasteiger partial charge in [0, 0.05) is 37.3 Å². The Balaban J connectivity index is 2.14. The van der Waals surface area contributed by atoms with E-state index in [0.717, 1.165) is 0 Å². The van der Waals surface area contributed by atoms with Crippen LogP contribution in [0.2, 0.25) is 0 Å². The fourth-order valence-electron chi connectivity index (χ4n) is 3.04. The molecule has 8 nitrogen and oxygen atoms in total. The fraction of sp³-hybridized carbons (Fsp3) is 0.300. The number of hydrogen-bond donors (Lipinski definition) is 3. The van der Waals surface area contributed by atoms with Gasteiger partial charge in [0.05, 0.1) is 5.69 Å². The molecular weight excluding hydrogens is 375 g/mol. The van der Waals surface area contributed by atoms with Crippen molar-refractivity contribution < 1.29 is 9.18 Å². The number of carbonyl (C=O) groups excluding carboxylic acids is 1. The minimum atomic E-state index is -0.579. The Morgan fingerprint density at radius 3 is 2.59 bits per heavy atom. The molecule has 2 aromatic heterocycles. The smallest absolute Gasteiger partial charge is 0.319 e. The van der Waals surface area contributed by atoms with Gasteiger partial charge in [-0.25, -0.2) is 14.2 Å². The Morgan fingerprint density at radius 1 is 1.21 bits per heavy atom. The third-order valence-electron chi connectivity index (χ3n) is 4.44. The van der Waals surface area contributed by atoms with E-state index in [0.29, 0.717) is 33.7 Å². The average molecular weight is 398 g/mol. The predicted octanol–water partition coefficient (Wildman–Crippen LogP) is 3.01. The number of amides is 2. The molecule has 0 unspecified atom stereocenters. The van der Waals surface area contributed by atoms with Crippen molar-refractivity contribution >= 4 is 28.7 Å². The highest BCUT2D eigenvalue weighted by atomic mass is 19.1. The zero-order chi connectivity index (χ0) is 21.3. The number of fused-ring (bicyclic) bond motifs is 1. The lowest BCUT2D eigenvalue weighted by Gasteiger charge is -2.15. The van der Waals surface area contributed by atoms with Crippen LogP contribution in [-0.2, 0) is 7.05 Å². The summed E-state index contributed by atoms with van der Waals surface area (Å²) in [7, 11) is 3.31. The van der Waals surface area contributed by atoms with Crippen LogP contribution in [0.4, 0.5) is 20.8 Å². The van der Waals surface area contributed by atoms with Crippen LogP contribution in [0.5, 0.6) is 0 Å². The summed E-state index contributed by atoms with van der Waals surface area (Å²) in [5.41, 5.74) is 1.64. The number of nitrogens with zero attached hydrogens (tertiary/aromatic N) is 3. The van der Waals surface area contributed by atoms with E-state index >= 15 is 0 Å². The van der Waals surface area contributed by atoms with Crippen LogP contribution >= 0.6 is 0 Å². The van der Waals surface area contributed by atoms with Gasteiger partial charge in [-0.1, -0.05) is 0 Å². The topological polar surface area (TPSA) is 101 Å². The van der Waals surface area contributed by atoms with Crippen molar-refractivity contribution in [3.63, 3.8) is 0 Å². The molecule has 0 fully saturated rings. The first-order valence-corrected chi connectivity index (χ1v) is 9.13. The number of aryl methyl sites for hydroxylation is 2. The van der Waals surface area contributed by atoms with Gasteiger partial charge in [0.15, 0.2) is 0 Å². The van der Waals surface area contributed by atoms with Crippen LogP contribution in [0.1, 0.15) is 19.4 Å². The molecule has 0 aliphatic rings. The van der Waals surface area contributed by atoms with E-state index in [1.165, 1.54) is 16.7 Å². The van der Waals surface area contributed by atoms with Crippen molar-refractivity contribution in [3.8, 4) is 11.1 Å². The summed E-state index contributed by atoms with van der Waals surface area (Å²) in [6, 6.07) is 3.82. The Morgan fingerprint density at radius 2 is 1.93 bits per heavy atom. The van der Waals surface area contributed by atoms with Crippen molar-refractivity contribution in [2.45, 2.75) is 26.8 Å². The molecule has 2 amide bonds. The van der Waals surface area contributed by atoms with Gasteiger partial charge >= 0.3 is 6.03 Å². The Labute approximate surface area is 167 Å². The lowest BCUT2D eigenvalue weighted by molar-refractivity contribution is 0.250. The number of carbonyl (C=O) groups is 1. The van der Waals surface area contributed by atoms with E-state index in [4.69, 9.17) is 0 Å². The monoisotopic (exact) mass is 398 g/mol. The number of benzene rings is 1. The number of pyridine rings is 1. The largest absolute Gasteiger partial charge is 0.357 e. The number of nitrogens with one attached hydrogen (secondary N) is 3. The molecule has 3 aromatic rings. The van der Waals surface area contributed by atoms with E-state index in [1.807, 2.05) is 0 Å². The van der Waals surface area contributed by atoms with Crippen LogP contribution in [0.3, 0.4) is 0 Å².